The van der Waals surface area contributed by atoms with E-state index >= 15 is 0 Å². The quantitative estimate of drug-likeness (QED) is 0.796. The fraction of sp³-hybridized carbons (Fsp3) is 0.364. The van der Waals surface area contributed by atoms with Gasteiger partial charge in [0.2, 0.25) is 0 Å². The molecule has 0 N–H and O–H groups in total. The first-order chi connectivity index (χ1) is 12.5. The van der Waals surface area contributed by atoms with Gasteiger partial charge in [-0.3, -0.25) is 9.69 Å². The molecule has 1 fully saturated rings. The average molecular weight is 345 g/mol. The van der Waals surface area contributed by atoms with Crippen molar-refractivity contribution in [2.24, 2.45) is 0 Å². The monoisotopic (exact) mass is 345 g/mol. The van der Waals surface area contributed by atoms with Crippen LogP contribution in [0.1, 0.15) is 46.9 Å². The van der Waals surface area contributed by atoms with Gasteiger partial charge in [-0.2, -0.15) is 5.26 Å². The van der Waals surface area contributed by atoms with E-state index < -0.39 is 0 Å². The van der Waals surface area contributed by atoms with Crippen molar-refractivity contribution in [3.63, 3.8) is 0 Å². The molecule has 4 nitrogen and oxygen atoms in total. The SMILES string of the molecule is CC1(C)CN2CCN(C(=O)c3cccc(C#N)c3)CC2c2ccccc21. The zero-order valence-electron chi connectivity index (χ0n) is 15.3. The van der Waals surface area contributed by atoms with E-state index in [-0.39, 0.29) is 17.4 Å². The van der Waals surface area contributed by atoms with Gasteiger partial charge in [0.05, 0.1) is 17.7 Å². The van der Waals surface area contributed by atoms with Crippen molar-refractivity contribution in [3.05, 3.63) is 70.8 Å². The van der Waals surface area contributed by atoms with Crippen molar-refractivity contribution in [2.45, 2.75) is 25.3 Å². The Morgan fingerprint density at radius 1 is 1.15 bits per heavy atom. The molecule has 0 spiro atoms. The molecule has 1 saturated heterocycles. The number of fused-ring (bicyclic) bond motifs is 3. The summed E-state index contributed by atoms with van der Waals surface area (Å²) < 4.78 is 0. The normalized spacial score (nSPS) is 21.4. The van der Waals surface area contributed by atoms with Gasteiger partial charge in [0.25, 0.3) is 5.91 Å². The minimum atomic E-state index is 0.0177. The molecule has 4 rings (SSSR count). The lowest BCUT2D eigenvalue weighted by atomic mass is 9.75. The number of nitriles is 1. The van der Waals surface area contributed by atoms with Crippen molar-refractivity contribution >= 4 is 5.91 Å². The molecule has 0 saturated carbocycles. The van der Waals surface area contributed by atoms with E-state index in [1.165, 1.54) is 11.1 Å². The van der Waals surface area contributed by atoms with E-state index in [1.807, 2.05) is 4.90 Å². The molecule has 1 atom stereocenters. The molecule has 2 aromatic carbocycles. The molecule has 2 heterocycles. The van der Waals surface area contributed by atoms with Gasteiger partial charge >= 0.3 is 0 Å². The number of hydrogen-bond acceptors (Lipinski definition) is 3. The van der Waals surface area contributed by atoms with Gasteiger partial charge in [-0.1, -0.05) is 44.2 Å². The van der Waals surface area contributed by atoms with Gasteiger partial charge in [0, 0.05) is 37.2 Å². The molecule has 1 unspecified atom stereocenters. The molecule has 132 valence electrons. The molecule has 26 heavy (non-hydrogen) atoms. The molecule has 0 bridgehead atoms. The third-order valence-electron chi connectivity index (χ3n) is 5.66. The molecule has 1 amide bonds. The summed E-state index contributed by atoms with van der Waals surface area (Å²) in [4.78, 5) is 17.4. The van der Waals surface area contributed by atoms with Gasteiger partial charge < -0.3 is 4.90 Å². The zero-order chi connectivity index (χ0) is 18.3. The van der Waals surface area contributed by atoms with E-state index in [4.69, 9.17) is 5.26 Å². The van der Waals surface area contributed by atoms with Crippen molar-refractivity contribution in [1.29, 1.82) is 5.26 Å². The Labute approximate surface area is 154 Å². The van der Waals surface area contributed by atoms with Crippen LogP contribution in [0, 0.1) is 11.3 Å². The number of carbonyl (C=O) groups excluding carboxylic acids is 1. The molecule has 0 radical (unpaired) electrons. The highest BCUT2D eigenvalue weighted by atomic mass is 16.2. The first-order valence-corrected chi connectivity index (χ1v) is 9.12. The minimum absolute atomic E-state index is 0.0177. The second-order valence-electron chi connectivity index (χ2n) is 7.90. The Morgan fingerprint density at radius 2 is 1.96 bits per heavy atom. The Bertz CT molecular complexity index is 896. The predicted molar refractivity (Wildman–Crippen MR) is 101 cm³/mol. The maximum Gasteiger partial charge on any atom is 0.254 e. The second-order valence-corrected chi connectivity index (χ2v) is 7.90. The highest BCUT2D eigenvalue weighted by Gasteiger charge is 2.40. The summed E-state index contributed by atoms with van der Waals surface area (Å²) in [5.74, 6) is 0.0177. The molecule has 2 aliphatic rings. The first-order valence-electron chi connectivity index (χ1n) is 9.12. The maximum absolute atomic E-state index is 13.0. The Kier molecular flexibility index (Phi) is 4.05. The highest BCUT2D eigenvalue weighted by molar-refractivity contribution is 5.94. The van der Waals surface area contributed by atoms with Crippen molar-refractivity contribution in [2.75, 3.05) is 26.2 Å². The second kappa shape index (κ2) is 6.26. The van der Waals surface area contributed by atoms with E-state index in [2.05, 4.69) is 49.1 Å². The van der Waals surface area contributed by atoms with Crippen LogP contribution in [0.15, 0.2) is 48.5 Å². The van der Waals surface area contributed by atoms with Crippen LogP contribution >= 0.6 is 0 Å². The summed E-state index contributed by atoms with van der Waals surface area (Å²) in [7, 11) is 0. The number of hydrogen-bond donors (Lipinski definition) is 0. The third-order valence-corrected chi connectivity index (χ3v) is 5.66. The maximum atomic E-state index is 13.0. The van der Waals surface area contributed by atoms with Crippen LogP contribution in [0.5, 0.6) is 0 Å². The third kappa shape index (κ3) is 2.79. The van der Waals surface area contributed by atoms with Gasteiger partial charge in [-0.05, 0) is 29.3 Å². The standard InChI is InChI=1S/C22H23N3O/c1-22(2)15-25-11-10-24(14-20(25)18-8-3-4-9-19(18)22)21(26)17-7-5-6-16(12-17)13-23/h3-9,12,20H,10-11,14-15H2,1-2H3. The van der Waals surface area contributed by atoms with Crippen LogP contribution < -0.4 is 0 Å². The Balaban J connectivity index is 1.63. The van der Waals surface area contributed by atoms with Gasteiger partial charge in [0.1, 0.15) is 0 Å². The molecule has 0 aromatic heterocycles. The topological polar surface area (TPSA) is 47.3 Å². The Hall–Kier alpha value is -2.64. The lowest BCUT2D eigenvalue weighted by molar-refractivity contribution is 0.0359. The summed E-state index contributed by atoms with van der Waals surface area (Å²) in [6.45, 7) is 7.92. The molecule has 2 aromatic rings. The van der Waals surface area contributed by atoms with Crippen LogP contribution in [0.3, 0.4) is 0 Å². The van der Waals surface area contributed by atoms with E-state index in [0.717, 1.165) is 19.6 Å². The average Bonchev–Trinajstić information content (AvgIpc) is 2.67. The lowest BCUT2D eigenvalue weighted by Crippen LogP contribution is -2.55. The number of nitrogens with zero attached hydrogens (tertiary/aromatic N) is 3. The minimum Gasteiger partial charge on any atom is -0.335 e. The first kappa shape index (κ1) is 16.8. The fourth-order valence-electron chi connectivity index (χ4n) is 4.39. The summed E-state index contributed by atoms with van der Waals surface area (Å²) in [5, 5.41) is 9.09. The number of benzene rings is 2. The summed E-state index contributed by atoms with van der Waals surface area (Å²) in [6.07, 6.45) is 0. The lowest BCUT2D eigenvalue weighted by Gasteiger charge is -2.50. The van der Waals surface area contributed by atoms with Crippen LogP contribution in [-0.4, -0.2) is 41.9 Å². The number of piperazine rings is 1. The summed E-state index contributed by atoms with van der Waals surface area (Å²) in [6, 6.07) is 18.0. The number of rotatable bonds is 1. The smallest absolute Gasteiger partial charge is 0.254 e. The van der Waals surface area contributed by atoms with Crippen molar-refractivity contribution in [1.82, 2.24) is 9.80 Å². The van der Waals surface area contributed by atoms with Crippen molar-refractivity contribution < 1.29 is 4.79 Å². The highest BCUT2D eigenvalue weighted by Crippen LogP contribution is 2.41. The molecule has 0 aliphatic carbocycles. The number of carbonyl (C=O) groups is 1. The largest absolute Gasteiger partial charge is 0.335 e. The zero-order valence-corrected chi connectivity index (χ0v) is 15.3. The van der Waals surface area contributed by atoms with Gasteiger partial charge in [-0.15, -0.1) is 0 Å². The molecular formula is C22H23N3O. The molecule has 4 heteroatoms. The van der Waals surface area contributed by atoms with E-state index in [0.29, 0.717) is 17.7 Å². The van der Waals surface area contributed by atoms with Crippen molar-refractivity contribution in [3.8, 4) is 6.07 Å². The van der Waals surface area contributed by atoms with Crippen LogP contribution in [-0.2, 0) is 5.41 Å². The van der Waals surface area contributed by atoms with Crippen LogP contribution in [0.25, 0.3) is 0 Å². The van der Waals surface area contributed by atoms with Gasteiger partial charge in [0.15, 0.2) is 0 Å². The summed E-state index contributed by atoms with van der Waals surface area (Å²) >= 11 is 0. The summed E-state index contributed by atoms with van der Waals surface area (Å²) in [5.41, 5.74) is 3.98. The molecular weight excluding hydrogens is 322 g/mol. The molecule has 2 aliphatic heterocycles. The number of amides is 1. The predicted octanol–water partition coefficient (Wildman–Crippen LogP) is 3.35. The fourth-order valence-corrected chi connectivity index (χ4v) is 4.39. The van der Waals surface area contributed by atoms with Gasteiger partial charge in [-0.25, -0.2) is 0 Å². The van der Waals surface area contributed by atoms with Crippen LogP contribution in [0.4, 0.5) is 0 Å². The van der Waals surface area contributed by atoms with E-state index in [1.54, 1.807) is 24.3 Å². The Morgan fingerprint density at radius 3 is 2.77 bits per heavy atom. The van der Waals surface area contributed by atoms with E-state index in [9.17, 15) is 4.79 Å². The van der Waals surface area contributed by atoms with Crippen LogP contribution in [0.2, 0.25) is 0 Å².